The SMILES string of the molecule is CN(C)/C=C(\C#N)Cc1ccc(F)cc1. The second-order valence-electron chi connectivity index (χ2n) is 3.53. The standard InChI is InChI=1S/C12H13FN2/c1-15(2)9-11(8-14)7-10-3-5-12(13)6-4-10/h3-6,9H,7H2,1-2H3/b11-9-. The third-order valence-electron chi connectivity index (χ3n) is 1.87. The van der Waals surface area contributed by atoms with Gasteiger partial charge in [-0.1, -0.05) is 12.1 Å². The van der Waals surface area contributed by atoms with Crippen molar-refractivity contribution in [2.45, 2.75) is 6.42 Å². The highest BCUT2D eigenvalue weighted by molar-refractivity contribution is 5.29. The minimum absolute atomic E-state index is 0.256. The molecule has 0 aliphatic heterocycles. The lowest BCUT2D eigenvalue weighted by molar-refractivity contribution is 0.558. The van der Waals surface area contributed by atoms with E-state index in [4.69, 9.17) is 5.26 Å². The van der Waals surface area contributed by atoms with Crippen molar-refractivity contribution < 1.29 is 4.39 Å². The molecule has 0 fully saturated rings. The quantitative estimate of drug-likeness (QED) is 0.706. The van der Waals surface area contributed by atoms with E-state index in [1.54, 1.807) is 18.3 Å². The maximum absolute atomic E-state index is 12.6. The molecular weight excluding hydrogens is 191 g/mol. The molecule has 0 unspecified atom stereocenters. The predicted molar refractivity (Wildman–Crippen MR) is 57.5 cm³/mol. The van der Waals surface area contributed by atoms with Crippen LogP contribution in [0.15, 0.2) is 36.0 Å². The van der Waals surface area contributed by atoms with Gasteiger partial charge < -0.3 is 4.90 Å². The fourth-order valence-corrected chi connectivity index (χ4v) is 1.25. The summed E-state index contributed by atoms with van der Waals surface area (Å²) in [5.74, 6) is -0.256. The van der Waals surface area contributed by atoms with Crippen LogP contribution in [0, 0.1) is 17.1 Å². The van der Waals surface area contributed by atoms with Gasteiger partial charge in [-0.25, -0.2) is 4.39 Å². The molecule has 0 aliphatic carbocycles. The summed E-state index contributed by atoms with van der Waals surface area (Å²) in [6, 6.07) is 8.31. The molecule has 0 saturated heterocycles. The molecule has 0 amide bonds. The van der Waals surface area contributed by atoms with Gasteiger partial charge in [-0.3, -0.25) is 0 Å². The Bertz CT molecular complexity index is 385. The molecule has 0 bridgehead atoms. The van der Waals surface area contributed by atoms with Crippen LogP contribution in [0.4, 0.5) is 4.39 Å². The van der Waals surface area contributed by atoms with Gasteiger partial charge in [0.15, 0.2) is 0 Å². The van der Waals surface area contributed by atoms with Crippen molar-refractivity contribution in [1.82, 2.24) is 4.90 Å². The van der Waals surface area contributed by atoms with Crippen molar-refractivity contribution >= 4 is 0 Å². The summed E-state index contributed by atoms with van der Waals surface area (Å²) in [7, 11) is 3.73. The van der Waals surface area contributed by atoms with Crippen molar-refractivity contribution in [2.24, 2.45) is 0 Å². The number of benzene rings is 1. The number of nitrogens with zero attached hydrogens (tertiary/aromatic N) is 2. The van der Waals surface area contributed by atoms with Crippen molar-refractivity contribution in [2.75, 3.05) is 14.1 Å². The summed E-state index contributed by atoms with van der Waals surface area (Å²) in [5, 5.41) is 8.87. The van der Waals surface area contributed by atoms with E-state index in [-0.39, 0.29) is 5.82 Å². The molecule has 1 aromatic carbocycles. The number of halogens is 1. The zero-order valence-electron chi connectivity index (χ0n) is 8.87. The first kappa shape index (κ1) is 11.3. The Hall–Kier alpha value is -1.82. The molecule has 15 heavy (non-hydrogen) atoms. The number of rotatable bonds is 3. The lowest BCUT2D eigenvalue weighted by Gasteiger charge is -2.06. The van der Waals surface area contributed by atoms with E-state index in [0.717, 1.165) is 5.56 Å². The third kappa shape index (κ3) is 3.82. The normalized spacial score (nSPS) is 10.9. The van der Waals surface area contributed by atoms with Gasteiger partial charge in [0.25, 0.3) is 0 Å². The fourth-order valence-electron chi connectivity index (χ4n) is 1.25. The van der Waals surface area contributed by atoms with Crippen LogP contribution in [0.3, 0.4) is 0 Å². The van der Waals surface area contributed by atoms with Crippen LogP contribution in [-0.2, 0) is 6.42 Å². The Kier molecular flexibility index (Phi) is 3.87. The van der Waals surface area contributed by atoms with Crippen molar-refractivity contribution in [3.8, 4) is 6.07 Å². The molecule has 2 nitrogen and oxygen atoms in total. The average Bonchev–Trinajstić information content (AvgIpc) is 2.19. The topological polar surface area (TPSA) is 27.0 Å². The molecule has 3 heteroatoms. The maximum atomic E-state index is 12.6. The molecule has 0 saturated carbocycles. The van der Waals surface area contributed by atoms with Crippen molar-refractivity contribution in [3.05, 3.63) is 47.4 Å². The average molecular weight is 204 g/mol. The zero-order chi connectivity index (χ0) is 11.3. The van der Waals surface area contributed by atoms with Gasteiger partial charge >= 0.3 is 0 Å². The summed E-state index contributed by atoms with van der Waals surface area (Å²) < 4.78 is 12.6. The van der Waals surface area contributed by atoms with E-state index in [2.05, 4.69) is 6.07 Å². The molecular formula is C12H13FN2. The molecule has 1 rings (SSSR count). The number of nitriles is 1. The summed E-state index contributed by atoms with van der Waals surface area (Å²) in [5.41, 5.74) is 1.60. The lowest BCUT2D eigenvalue weighted by atomic mass is 10.1. The largest absolute Gasteiger partial charge is 0.383 e. The van der Waals surface area contributed by atoms with Crippen LogP contribution in [-0.4, -0.2) is 19.0 Å². The highest BCUT2D eigenvalue weighted by atomic mass is 19.1. The molecule has 0 atom stereocenters. The Balaban J connectivity index is 2.77. The molecule has 0 aliphatic rings. The van der Waals surface area contributed by atoms with Crippen molar-refractivity contribution in [3.63, 3.8) is 0 Å². The first-order valence-corrected chi connectivity index (χ1v) is 4.63. The van der Waals surface area contributed by atoms with Gasteiger partial charge in [-0.2, -0.15) is 5.26 Å². The molecule has 0 radical (unpaired) electrons. The van der Waals surface area contributed by atoms with Crippen LogP contribution < -0.4 is 0 Å². The zero-order valence-corrected chi connectivity index (χ0v) is 8.87. The summed E-state index contributed by atoms with van der Waals surface area (Å²) in [6.45, 7) is 0. The van der Waals surface area contributed by atoms with Gasteiger partial charge in [0, 0.05) is 32.3 Å². The minimum Gasteiger partial charge on any atom is -0.383 e. The van der Waals surface area contributed by atoms with E-state index in [1.165, 1.54) is 12.1 Å². The maximum Gasteiger partial charge on any atom is 0.123 e. The summed E-state index contributed by atoms with van der Waals surface area (Å²) in [4.78, 5) is 1.82. The molecule has 0 spiro atoms. The number of hydrogen-bond donors (Lipinski definition) is 0. The Labute approximate surface area is 89.2 Å². The van der Waals surface area contributed by atoms with Crippen LogP contribution in [0.2, 0.25) is 0 Å². The predicted octanol–water partition coefficient (Wildman–Crippen LogP) is 2.34. The second kappa shape index (κ2) is 5.16. The van der Waals surface area contributed by atoms with Gasteiger partial charge in [0.05, 0.1) is 6.07 Å². The smallest absolute Gasteiger partial charge is 0.123 e. The first-order chi connectivity index (χ1) is 7.11. The van der Waals surface area contributed by atoms with E-state index in [9.17, 15) is 4.39 Å². The minimum atomic E-state index is -0.256. The highest BCUT2D eigenvalue weighted by Gasteiger charge is 1.99. The van der Waals surface area contributed by atoms with Gasteiger partial charge in [0.1, 0.15) is 5.82 Å². The van der Waals surface area contributed by atoms with E-state index >= 15 is 0 Å². The van der Waals surface area contributed by atoms with E-state index in [0.29, 0.717) is 12.0 Å². The van der Waals surface area contributed by atoms with Crippen LogP contribution in [0.25, 0.3) is 0 Å². The number of allylic oxidation sites excluding steroid dienone is 1. The molecule has 0 N–H and O–H groups in total. The molecule has 78 valence electrons. The monoisotopic (exact) mass is 204 g/mol. The van der Waals surface area contributed by atoms with Crippen LogP contribution >= 0.6 is 0 Å². The van der Waals surface area contributed by atoms with Gasteiger partial charge in [-0.15, -0.1) is 0 Å². The van der Waals surface area contributed by atoms with Gasteiger partial charge in [0.2, 0.25) is 0 Å². The summed E-state index contributed by atoms with van der Waals surface area (Å²) >= 11 is 0. The molecule has 1 aromatic rings. The fraction of sp³-hybridized carbons (Fsp3) is 0.250. The summed E-state index contributed by atoms with van der Waals surface area (Å²) in [6.07, 6.45) is 2.30. The number of hydrogen-bond acceptors (Lipinski definition) is 2. The Morgan fingerprint density at radius 3 is 2.47 bits per heavy atom. The second-order valence-corrected chi connectivity index (χ2v) is 3.53. The Morgan fingerprint density at radius 1 is 1.40 bits per heavy atom. The van der Waals surface area contributed by atoms with Crippen molar-refractivity contribution in [1.29, 1.82) is 5.26 Å². The van der Waals surface area contributed by atoms with Gasteiger partial charge in [-0.05, 0) is 17.7 Å². The molecule has 0 aromatic heterocycles. The highest BCUT2D eigenvalue weighted by Crippen LogP contribution is 2.09. The third-order valence-corrected chi connectivity index (χ3v) is 1.87. The van der Waals surface area contributed by atoms with E-state index in [1.807, 2.05) is 19.0 Å². The Morgan fingerprint density at radius 2 is 2.00 bits per heavy atom. The van der Waals surface area contributed by atoms with E-state index < -0.39 is 0 Å². The van der Waals surface area contributed by atoms with Crippen LogP contribution in [0.1, 0.15) is 5.56 Å². The first-order valence-electron chi connectivity index (χ1n) is 4.63. The lowest BCUT2D eigenvalue weighted by Crippen LogP contribution is -2.03. The molecule has 0 heterocycles. The van der Waals surface area contributed by atoms with Crippen LogP contribution in [0.5, 0.6) is 0 Å².